The first kappa shape index (κ1) is 6.72. The fourth-order valence-corrected chi connectivity index (χ4v) is 1.22. The number of halogens is 2. The van der Waals surface area contributed by atoms with E-state index >= 15 is 0 Å². The Hall–Kier alpha value is -0.970. The largest absolute Gasteiger partial charge is 0.275 e. The van der Waals surface area contributed by atoms with E-state index in [1.165, 1.54) is 10.5 Å². The van der Waals surface area contributed by atoms with E-state index in [1.807, 2.05) is 0 Å². The number of aromatic nitrogens is 3. The maximum absolute atomic E-state index is 12.9. The van der Waals surface area contributed by atoms with Crippen LogP contribution in [0.3, 0.4) is 0 Å². The highest BCUT2D eigenvalue weighted by molar-refractivity contribution is 9.10. The van der Waals surface area contributed by atoms with Gasteiger partial charge < -0.3 is 0 Å². The van der Waals surface area contributed by atoms with Crippen LogP contribution in [0.1, 0.15) is 0 Å². The van der Waals surface area contributed by atoms with E-state index < -0.39 is 0 Å². The molecule has 0 aliphatic carbocycles. The van der Waals surface area contributed by atoms with Crippen molar-refractivity contribution in [2.45, 2.75) is 0 Å². The van der Waals surface area contributed by atoms with Crippen molar-refractivity contribution in [3.05, 3.63) is 28.9 Å². The third-order valence-corrected chi connectivity index (χ3v) is 1.89. The monoisotopic (exact) mass is 215 g/mol. The Labute approximate surface area is 70.0 Å². The van der Waals surface area contributed by atoms with Gasteiger partial charge in [0, 0.05) is 6.20 Å². The number of hydrogen-bond donors (Lipinski definition) is 0. The summed E-state index contributed by atoms with van der Waals surface area (Å²) in [5.74, 6) is -0.370. The molecule has 0 aliphatic heterocycles. The Morgan fingerprint density at radius 3 is 3.00 bits per heavy atom. The second-order valence-corrected chi connectivity index (χ2v) is 2.73. The number of pyridine rings is 1. The molecule has 0 saturated carbocycles. The molecule has 0 fully saturated rings. The molecule has 2 rings (SSSR count). The lowest BCUT2D eigenvalue weighted by Gasteiger charge is -1.91. The van der Waals surface area contributed by atoms with Crippen molar-refractivity contribution in [2.75, 3.05) is 0 Å². The Bertz CT molecular complexity index is 398. The lowest BCUT2D eigenvalue weighted by atomic mass is 10.4. The highest BCUT2D eigenvalue weighted by atomic mass is 79.9. The van der Waals surface area contributed by atoms with Gasteiger partial charge in [0.05, 0.1) is 0 Å². The molecule has 11 heavy (non-hydrogen) atoms. The van der Waals surface area contributed by atoms with E-state index in [1.54, 1.807) is 12.3 Å². The summed E-state index contributed by atoms with van der Waals surface area (Å²) in [5, 5.41) is 7.26. The van der Waals surface area contributed by atoms with Crippen LogP contribution in [0, 0.1) is 5.82 Å². The highest BCUT2D eigenvalue weighted by Gasteiger charge is 2.04. The van der Waals surface area contributed by atoms with Crippen molar-refractivity contribution in [1.82, 2.24) is 14.6 Å². The van der Waals surface area contributed by atoms with Gasteiger partial charge in [-0.15, -0.1) is 10.2 Å². The topological polar surface area (TPSA) is 30.2 Å². The molecular weight excluding hydrogens is 213 g/mol. The van der Waals surface area contributed by atoms with Crippen molar-refractivity contribution in [3.63, 3.8) is 0 Å². The fraction of sp³-hybridized carbons (Fsp3) is 0. The van der Waals surface area contributed by atoms with E-state index in [2.05, 4.69) is 26.1 Å². The summed E-state index contributed by atoms with van der Waals surface area (Å²) >= 11 is 3.12. The molecule has 5 heteroatoms. The average Bonchev–Trinajstić information content (AvgIpc) is 2.35. The van der Waals surface area contributed by atoms with Crippen LogP contribution in [-0.4, -0.2) is 14.6 Å². The molecule has 0 unspecified atom stereocenters. The Kier molecular flexibility index (Phi) is 1.38. The lowest BCUT2D eigenvalue weighted by Crippen LogP contribution is -1.86. The minimum atomic E-state index is -0.370. The summed E-state index contributed by atoms with van der Waals surface area (Å²) in [6.07, 6.45) is 1.68. The van der Waals surface area contributed by atoms with Crippen LogP contribution in [0.15, 0.2) is 23.1 Å². The van der Waals surface area contributed by atoms with Crippen LogP contribution >= 0.6 is 15.9 Å². The van der Waals surface area contributed by atoms with E-state index in [9.17, 15) is 4.39 Å². The Morgan fingerprint density at radius 2 is 2.27 bits per heavy atom. The molecule has 0 bridgehead atoms. The van der Waals surface area contributed by atoms with Gasteiger partial charge in [-0.25, -0.2) is 4.39 Å². The predicted octanol–water partition coefficient (Wildman–Crippen LogP) is 1.63. The van der Waals surface area contributed by atoms with E-state index in [4.69, 9.17) is 0 Å². The zero-order chi connectivity index (χ0) is 7.84. The smallest absolute Gasteiger partial charge is 0.204 e. The molecule has 0 aromatic carbocycles. The number of nitrogens with zero attached hydrogens (tertiary/aromatic N) is 3. The summed E-state index contributed by atoms with van der Waals surface area (Å²) in [4.78, 5) is 0. The summed E-state index contributed by atoms with van der Waals surface area (Å²) in [6.45, 7) is 0. The lowest BCUT2D eigenvalue weighted by molar-refractivity contribution is 0.629. The van der Waals surface area contributed by atoms with Crippen LogP contribution in [0.25, 0.3) is 5.65 Å². The van der Waals surface area contributed by atoms with Gasteiger partial charge in [-0.3, -0.25) is 4.40 Å². The van der Waals surface area contributed by atoms with Crippen molar-refractivity contribution in [2.24, 2.45) is 0 Å². The van der Waals surface area contributed by atoms with Crippen molar-refractivity contribution >= 4 is 21.6 Å². The number of hydrogen-bond acceptors (Lipinski definition) is 2. The van der Waals surface area contributed by atoms with E-state index in [0.717, 1.165) is 0 Å². The van der Waals surface area contributed by atoms with E-state index in [-0.39, 0.29) is 11.5 Å². The molecule has 56 valence electrons. The number of rotatable bonds is 0. The normalized spacial score (nSPS) is 10.7. The highest BCUT2D eigenvalue weighted by Crippen LogP contribution is 2.11. The Morgan fingerprint density at radius 1 is 1.45 bits per heavy atom. The zero-order valence-electron chi connectivity index (χ0n) is 5.33. The first-order chi connectivity index (χ1) is 5.29. The molecule has 0 atom stereocenters. The standard InChI is InChI=1S/C6H3BrFN3/c7-6-10-9-5-4(8)2-1-3-11(5)6/h1-3H. The van der Waals surface area contributed by atoms with Gasteiger partial charge in [-0.2, -0.15) is 0 Å². The SMILES string of the molecule is Fc1cccn2c(Br)nnc12. The molecule has 0 N–H and O–H groups in total. The van der Waals surface area contributed by atoms with Gasteiger partial charge in [0.2, 0.25) is 4.73 Å². The van der Waals surface area contributed by atoms with Gasteiger partial charge in [0.25, 0.3) is 0 Å². The van der Waals surface area contributed by atoms with Gasteiger partial charge in [0.1, 0.15) is 0 Å². The van der Waals surface area contributed by atoms with Crippen LogP contribution in [0.2, 0.25) is 0 Å². The molecule has 0 amide bonds. The molecule has 0 saturated heterocycles. The molecule has 0 aliphatic rings. The molecule has 2 aromatic rings. The fourth-order valence-electron chi connectivity index (χ4n) is 0.855. The molecule has 0 spiro atoms. The van der Waals surface area contributed by atoms with Crippen molar-refractivity contribution < 1.29 is 4.39 Å². The van der Waals surface area contributed by atoms with Gasteiger partial charge in [-0.05, 0) is 28.1 Å². The van der Waals surface area contributed by atoms with Crippen LogP contribution in [-0.2, 0) is 0 Å². The maximum atomic E-state index is 12.9. The second-order valence-electron chi connectivity index (χ2n) is 2.02. The zero-order valence-corrected chi connectivity index (χ0v) is 6.92. The summed E-state index contributed by atoms with van der Waals surface area (Å²) < 4.78 is 14.9. The molecule has 2 aromatic heterocycles. The first-order valence-corrected chi connectivity index (χ1v) is 3.73. The van der Waals surface area contributed by atoms with Crippen LogP contribution < -0.4 is 0 Å². The minimum absolute atomic E-state index is 0.236. The van der Waals surface area contributed by atoms with Crippen molar-refractivity contribution in [1.29, 1.82) is 0 Å². The van der Waals surface area contributed by atoms with E-state index in [0.29, 0.717) is 4.73 Å². The predicted molar refractivity (Wildman–Crippen MR) is 40.6 cm³/mol. The summed E-state index contributed by atoms with van der Waals surface area (Å²) in [5.41, 5.74) is 0.236. The molecule has 3 nitrogen and oxygen atoms in total. The van der Waals surface area contributed by atoms with Crippen molar-refractivity contribution in [3.8, 4) is 0 Å². The van der Waals surface area contributed by atoms with Gasteiger partial charge in [0.15, 0.2) is 11.5 Å². The van der Waals surface area contributed by atoms with Crippen LogP contribution in [0.4, 0.5) is 4.39 Å². The van der Waals surface area contributed by atoms with Crippen LogP contribution in [0.5, 0.6) is 0 Å². The second kappa shape index (κ2) is 2.27. The first-order valence-electron chi connectivity index (χ1n) is 2.94. The molecule has 0 radical (unpaired) electrons. The molecule has 2 heterocycles. The quantitative estimate of drug-likeness (QED) is 0.669. The maximum Gasteiger partial charge on any atom is 0.204 e. The number of fused-ring (bicyclic) bond motifs is 1. The summed E-state index contributed by atoms with van der Waals surface area (Å²) in [6, 6.07) is 2.94. The minimum Gasteiger partial charge on any atom is -0.275 e. The third-order valence-electron chi connectivity index (χ3n) is 1.35. The average molecular weight is 216 g/mol. The third kappa shape index (κ3) is 0.920. The Balaban J connectivity index is 2.94. The van der Waals surface area contributed by atoms with Gasteiger partial charge >= 0.3 is 0 Å². The van der Waals surface area contributed by atoms with Gasteiger partial charge in [-0.1, -0.05) is 0 Å². The summed E-state index contributed by atoms with van der Waals surface area (Å²) in [7, 11) is 0. The molecular formula is C6H3BrFN3.